The molecule has 1 heterocycles. The highest BCUT2D eigenvalue weighted by Gasteiger charge is 2.14. The second-order valence-corrected chi connectivity index (χ2v) is 5.31. The van der Waals surface area contributed by atoms with Gasteiger partial charge in [-0.3, -0.25) is 9.59 Å². The largest absolute Gasteiger partial charge is 0.360 e. The van der Waals surface area contributed by atoms with Gasteiger partial charge in [-0.15, -0.1) is 0 Å². The van der Waals surface area contributed by atoms with Crippen LogP contribution in [0.25, 0.3) is 0 Å². The molecule has 6 nitrogen and oxygen atoms in total. The molecule has 0 saturated carbocycles. The van der Waals surface area contributed by atoms with E-state index in [-0.39, 0.29) is 18.2 Å². The lowest BCUT2D eigenvalue weighted by Crippen LogP contribution is -2.32. The summed E-state index contributed by atoms with van der Waals surface area (Å²) >= 11 is 0. The molecule has 23 heavy (non-hydrogen) atoms. The molecule has 2 rings (SSSR count). The molecule has 1 aromatic heterocycles. The van der Waals surface area contributed by atoms with Gasteiger partial charge in [0, 0.05) is 31.6 Å². The van der Waals surface area contributed by atoms with Gasteiger partial charge in [-0.25, -0.2) is 0 Å². The van der Waals surface area contributed by atoms with E-state index in [1.165, 1.54) is 12.5 Å². The topological polar surface area (TPSA) is 75.4 Å². The molecule has 0 atom stereocenters. The Morgan fingerprint density at radius 1 is 1.26 bits per heavy atom. The molecule has 0 aliphatic heterocycles. The molecule has 0 radical (unpaired) electrons. The van der Waals surface area contributed by atoms with Crippen molar-refractivity contribution >= 4 is 23.3 Å². The van der Waals surface area contributed by atoms with Crippen molar-refractivity contribution in [2.24, 2.45) is 0 Å². The van der Waals surface area contributed by atoms with Crippen LogP contribution in [0.1, 0.15) is 31.6 Å². The molecule has 0 bridgehead atoms. The maximum atomic E-state index is 11.9. The van der Waals surface area contributed by atoms with Gasteiger partial charge in [0.1, 0.15) is 5.76 Å². The minimum Gasteiger partial charge on any atom is -0.360 e. The van der Waals surface area contributed by atoms with Gasteiger partial charge in [0.25, 0.3) is 0 Å². The number of anilines is 2. The quantitative estimate of drug-likeness (QED) is 0.889. The number of aromatic nitrogens is 1. The normalized spacial score (nSPS) is 10.4. The number of hydrogen-bond acceptors (Lipinski definition) is 4. The average molecular weight is 315 g/mol. The Morgan fingerprint density at radius 2 is 1.96 bits per heavy atom. The molecule has 0 fully saturated rings. The minimum absolute atomic E-state index is 0.0978. The Bertz CT molecular complexity index is 677. The van der Waals surface area contributed by atoms with Gasteiger partial charge in [-0.2, -0.15) is 0 Å². The predicted octanol–water partition coefficient (Wildman–Crippen LogP) is 2.93. The van der Waals surface area contributed by atoms with Gasteiger partial charge in [0.05, 0.1) is 0 Å². The third-order valence-electron chi connectivity index (χ3n) is 3.49. The van der Waals surface area contributed by atoms with Crippen molar-refractivity contribution in [1.82, 2.24) is 5.16 Å². The van der Waals surface area contributed by atoms with Crippen molar-refractivity contribution in [2.75, 3.05) is 16.8 Å². The van der Waals surface area contributed by atoms with Crippen LogP contribution in [0.5, 0.6) is 0 Å². The van der Waals surface area contributed by atoms with Crippen LogP contribution in [0.15, 0.2) is 34.9 Å². The first-order chi connectivity index (χ1) is 11.0. The summed E-state index contributed by atoms with van der Waals surface area (Å²) in [6, 6.07) is 9.43. The SMILES string of the molecule is CCc1ccc(N(CCC(=O)Nc2cc(C)on2)C(C)=O)cc1. The highest BCUT2D eigenvalue weighted by Crippen LogP contribution is 2.17. The van der Waals surface area contributed by atoms with E-state index >= 15 is 0 Å². The number of hydrogen-bond donors (Lipinski definition) is 1. The fraction of sp³-hybridized carbons (Fsp3) is 0.353. The predicted molar refractivity (Wildman–Crippen MR) is 88.3 cm³/mol. The van der Waals surface area contributed by atoms with Crippen LogP contribution >= 0.6 is 0 Å². The van der Waals surface area contributed by atoms with E-state index < -0.39 is 0 Å². The average Bonchev–Trinajstić information content (AvgIpc) is 2.92. The fourth-order valence-electron chi connectivity index (χ4n) is 2.22. The number of carbonyl (C=O) groups is 2. The van der Waals surface area contributed by atoms with Crippen LogP contribution in [0.2, 0.25) is 0 Å². The van der Waals surface area contributed by atoms with Crippen LogP contribution in [-0.2, 0) is 16.0 Å². The number of carbonyl (C=O) groups excluding carboxylic acids is 2. The summed E-state index contributed by atoms with van der Waals surface area (Å²) in [7, 11) is 0. The summed E-state index contributed by atoms with van der Waals surface area (Å²) < 4.78 is 4.89. The molecule has 0 spiro atoms. The second-order valence-electron chi connectivity index (χ2n) is 5.31. The van der Waals surface area contributed by atoms with Gasteiger partial charge < -0.3 is 14.7 Å². The van der Waals surface area contributed by atoms with E-state index in [4.69, 9.17) is 4.52 Å². The third-order valence-corrected chi connectivity index (χ3v) is 3.49. The summed E-state index contributed by atoms with van der Waals surface area (Å²) in [6.45, 7) is 5.63. The zero-order valence-electron chi connectivity index (χ0n) is 13.6. The zero-order chi connectivity index (χ0) is 16.8. The van der Waals surface area contributed by atoms with E-state index in [0.29, 0.717) is 18.1 Å². The molecule has 0 aliphatic rings. The highest BCUT2D eigenvalue weighted by atomic mass is 16.5. The lowest BCUT2D eigenvalue weighted by Gasteiger charge is -2.21. The maximum absolute atomic E-state index is 11.9. The van der Waals surface area contributed by atoms with Crippen LogP contribution in [0.4, 0.5) is 11.5 Å². The van der Waals surface area contributed by atoms with Gasteiger partial charge >= 0.3 is 0 Å². The Balaban J connectivity index is 1.96. The van der Waals surface area contributed by atoms with E-state index in [1.54, 1.807) is 17.9 Å². The Labute approximate surface area is 135 Å². The number of amides is 2. The van der Waals surface area contributed by atoms with E-state index in [0.717, 1.165) is 12.1 Å². The molecule has 0 unspecified atom stereocenters. The first-order valence-corrected chi connectivity index (χ1v) is 7.59. The Kier molecular flexibility index (Phi) is 5.51. The highest BCUT2D eigenvalue weighted by molar-refractivity contribution is 5.94. The molecule has 122 valence electrons. The van der Waals surface area contributed by atoms with E-state index in [2.05, 4.69) is 17.4 Å². The minimum atomic E-state index is -0.213. The number of benzene rings is 1. The molecule has 0 aliphatic carbocycles. The molecule has 0 saturated heterocycles. The van der Waals surface area contributed by atoms with Crippen LogP contribution in [0.3, 0.4) is 0 Å². The molecular weight excluding hydrogens is 294 g/mol. The molecule has 1 aromatic carbocycles. The van der Waals surface area contributed by atoms with Gasteiger partial charge in [-0.1, -0.05) is 24.2 Å². The van der Waals surface area contributed by atoms with E-state index in [9.17, 15) is 9.59 Å². The molecule has 2 amide bonds. The standard InChI is InChI=1S/C17H21N3O3/c1-4-14-5-7-15(8-6-14)20(13(3)21)10-9-17(22)18-16-11-12(2)23-19-16/h5-8,11H,4,9-10H2,1-3H3,(H,18,19,22). The van der Waals surface area contributed by atoms with Crippen molar-refractivity contribution in [3.8, 4) is 0 Å². The first kappa shape index (κ1) is 16.7. The van der Waals surface area contributed by atoms with Crippen molar-refractivity contribution < 1.29 is 14.1 Å². The number of rotatable bonds is 6. The summed E-state index contributed by atoms with van der Waals surface area (Å²) in [6.07, 6.45) is 1.13. The number of nitrogens with zero attached hydrogens (tertiary/aromatic N) is 2. The first-order valence-electron chi connectivity index (χ1n) is 7.59. The maximum Gasteiger partial charge on any atom is 0.227 e. The number of nitrogens with one attached hydrogen (secondary N) is 1. The molecule has 6 heteroatoms. The van der Waals surface area contributed by atoms with Crippen molar-refractivity contribution in [3.05, 3.63) is 41.7 Å². The van der Waals surface area contributed by atoms with E-state index in [1.807, 2.05) is 24.3 Å². The van der Waals surface area contributed by atoms with Crippen LogP contribution < -0.4 is 10.2 Å². The van der Waals surface area contributed by atoms with Crippen molar-refractivity contribution in [2.45, 2.75) is 33.6 Å². The summed E-state index contributed by atoms with van der Waals surface area (Å²) in [5.41, 5.74) is 2.00. The number of aryl methyl sites for hydroxylation is 2. The molecule has 1 N–H and O–H groups in total. The lowest BCUT2D eigenvalue weighted by molar-refractivity contribution is -0.117. The smallest absolute Gasteiger partial charge is 0.227 e. The Morgan fingerprint density at radius 3 is 2.48 bits per heavy atom. The monoisotopic (exact) mass is 315 g/mol. The Hall–Kier alpha value is -2.63. The summed E-state index contributed by atoms with van der Waals surface area (Å²) in [5, 5.41) is 6.35. The second kappa shape index (κ2) is 7.58. The third kappa shape index (κ3) is 4.67. The van der Waals surface area contributed by atoms with Crippen molar-refractivity contribution in [1.29, 1.82) is 0 Å². The van der Waals surface area contributed by atoms with Crippen molar-refractivity contribution in [3.63, 3.8) is 0 Å². The summed E-state index contributed by atoms with van der Waals surface area (Å²) in [5.74, 6) is 0.699. The molecule has 2 aromatic rings. The fourth-order valence-corrected chi connectivity index (χ4v) is 2.22. The summed E-state index contributed by atoms with van der Waals surface area (Å²) in [4.78, 5) is 25.4. The molecular formula is C17H21N3O3. The lowest BCUT2D eigenvalue weighted by atomic mass is 10.1. The van der Waals surface area contributed by atoms with Gasteiger partial charge in [-0.05, 0) is 31.0 Å². The van der Waals surface area contributed by atoms with Crippen LogP contribution in [0, 0.1) is 6.92 Å². The van der Waals surface area contributed by atoms with Gasteiger partial charge in [0.2, 0.25) is 11.8 Å². The zero-order valence-corrected chi connectivity index (χ0v) is 13.6. The van der Waals surface area contributed by atoms with Crippen LogP contribution in [-0.4, -0.2) is 23.5 Å². The van der Waals surface area contributed by atoms with Gasteiger partial charge in [0.15, 0.2) is 5.82 Å².